The van der Waals surface area contributed by atoms with E-state index >= 15 is 0 Å². The van der Waals surface area contributed by atoms with E-state index in [1.165, 1.54) is 0 Å². The molecule has 4 rings (SSSR count). The van der Waals surface area contributed by atoms with Crippen molar-refractivity contribution in [2.45, 2.75) is 19.5 Å². The third-order valence-corrected chi connectivity index (χ3v) is 4.21. The van der Waals surface area contributed by atoms with Crippen molar-refractivity contribution in [2.75, 3.05) is 20.4 Å². The molecule has 2 aromatic rings. The number of nitrogens with zero attached hydrogens (tertiary/aromatic N) is 2. The zero-order valence-corrected chi connectivity index (χ0v) is 14.1. The lowest BCUT2D eigenvalue weighted by Crippen LogP contribution is -2.29. The highest BCUT2D eigenvalue weighted by molar-refractivity contribution is 5.93. The standard InChI is InChI=1S/C16H18N4O3.ClH/c1-20(8-10-2-3-13-14(6-10)23-9-22-13)16(21)15-11-7-17-5-4-12(11)18-19-15;/h2-3,6,17H,4-5,7-9H2,1H3,(H,18,19);1H. The van der Waals surface area contributed by atoms with Crippen LogP contribution in [0.3, 0.4) is 0 Å². The van der Waals surface area contributed by atoms with Crippen LogP contribution in [0, 0.1) is 0 Å². The summed E-state index contributed by atoms with van der Waals surface area (Å²) in [6, 6.07) is 5.73. The van der Waals surface area contributed by atoms with E-state index in [9.17, 15) is 4.79 Å². The lowest BCUT2D eigenvalue weighted by molar-refractivity contribution is 0.0777. The number of benzene rings is 1. The van der Waals surface area contributed by atoms with Crippen molar-refractivity contribution in [2.24, 2.45) is 0 Å². The van der Waals surface area contributed by atoms with E-state index in [1.807, 2.05) is 18.2 Å². The number of hydrogen-bond acceptors (Lipinski definition) is 5. The normalized spacial score (nSPS) is 14.7. The van der Waals surface area contributed by atoms with Crippen molar-refractivity contribution in [1.29, 1.82) is 0 Å². The second-order valence-electron chi connectivity index (χ2n) is 5.80. The second kappa shape index (κ2) is 6.70. The van der Waals surface area contributed by atoms with Crippen LogP contribution in [0.4, 0.5) is 0 Å². The number of carbonyl (C=O) groups is 1. The fourth-order valence-corrected chi connectivity index (χ4v) is 2.97. The molecule has 0 radical (unpaired) electrons. The first kappa shape index (κ1) is 16.6. The summed E-state index contributed by atoms with van der Waals surface area (Å²) in [6.45, 7) is 2.34. The third-order valence-electron chi connectivity index (χ3n) is 4.21. The molecular weight excluding hydrogens is 332 g/mol. The highest BCUT2D eigenvalue weighted by atomic mass is 35.5. The number of H-pyrrole nitrogens is 1. The van der Waals surface area contributed by atoms with E-state index in [0.717, 1.165) is 41.3 Å². The van der Waals surface area contributed by atoms with Gasteiger partial charge in [-0.25, -0.2) is 0 Å². The Labute approximate surface area is 145 Å². The fraction of sp³-hybridized carbons (Fsp3) is 0.375. The summed E-state index contributed by atoms with van der Waals surface area (Å²) in [5, 5.41) is 10.5. The van der Waals surface area contributed by atoms with E-state index < -0.39 is 0 Å². The van der Waals surface area contributed by atoms with Gasteiger partial charge in [0.15, 0.2) is 17.2 Å². The Morgan fingerprint density at radius 1 is 1.33 bits per heavy atom. The Kier molecular flexibility index (Phi) is 4.64. The number of rotatable bonds is 3. The van der Waals surface area contributed by atoms with Crippen molar-refractivity contribution in [3.8, 4) is 11.5 Å². The monoisotopic (exact) mass is 350 g/mol. The molecule has 0 bridgehead atoms. The second-order valence-corrected chi connectivity index (χ2v) is 5.80. The zero-order chi connectivity index (χ0) is 15.8. The number of hydrogen-bond donors (Lipinski definition) is 2. The molecule has 7 nitrogen and oxygen atoms in total. The van der Waals surface area contributed by atoms with Gasteiger partial charge in [-0.05, 0) is 17.7 Å². The van der Waals surface area contributed by atoms with E-state index in [4.69, 9.17) is 9.47 Å². The summed E-state index contributed by atoms with van der Waals surface area (Å²) in [7, 11) is 1.78. The van der Waals surface area contributed by atoms with Crippen LogP contribution in [0.1, 0.15) is 27.3 Å². The first-order valence-electron chi connectivity index (χ1n) is 7.63. The first-order valence-corrected chi connectivity index (χ1v) is 7.63. The van der Waals surface area contributed by atoms with Crippen LogP contribution < -0.4 is 14.8 Å². The van der Waals surface area contributed by atoms with Gasteiger partial charge >= 0.3 is 0 Å². The van der Waals surface area contributed by atoms with Gasteiger partial charge in [0.2, 0.25) is 6.79 Å². The lowest BCUT2D eigenvalue weighted by Gasteiger charge is -2.18. The Morgan fingerprint density at radius 2 is 2.17 bits per heavy atom. The van der Waals surface area contributed by atoms with Crippen LogP contribution in [0.5, 0.6) is 11.5 Å². The molecule has 8 heteroatoms. The average molecular weight is 351 g/mol. The number of fused-ring (bicyclic) bond motifs is 2. The van der Waals surface area contributed by atoms with Crippen molar-refractivity contribution < 1.29 is 14.3 Å². The van der Waals surface area contributed by atoms with Crippen LogP contribution in [-0.2, 0) is 19.5 Å². The number of amides is 1. The van der Waals surface area contributed by atoms with Crippen LogP contribution in [0.25, 0.3) is 0 Å². The summed E-state index contributed by atoms with van der Waals surface area (Å²) in [5.41, 5.74) is 3.55. The molecule has 0 saturated carbocycles. The quantitative estimate of drug-likeness (QED) is 0.876. The maximum Gasteiger partial charge on any atom is 0.274 e. The Hall–Kier alpha value is -2.25. The Morgan fingerprint density at radius 3 is 3.04 bits per heavy atom. The zero-order valence-electron chi connectivity index (χ0n) is 13.3. The van der Waals surface area contributed by atoms with Gasteiger partial charge in [0.25, 0.3) is 5.91 Å². The predicted molar refractivity (Wildman–Crippen MR) is 89.6 cm³/mol. The number of halogens is 1. The van der Waals surface area contributed by atoms with Gasteiger partial charge in [-0.3, -0.25) is 9.89 Å². The van der Waals surface area contributed by atoms with Gasteiger partial charge in [-0.15, -0.1) is 12.4 Å². The summed E-state index contributed by atoms with van der Waals surface area (Å²) in [5.74, 6) is 1.39. The minimum absolute atomic E-state index is 0. The molecule has 1 aromatic heterocycles. The van der Waals surface area contributed by atoms with Crippen molar-refractivity contribution in [3.63, 3.8) is 0 Å². The molecular formula is C16H19ClN4O3. The molecule has 2 aliphatic rings. The number of carbonyl (C=O) groups excluding carboxylic acids is 1. The summed E-state index contributed by atoms with van der Waals surface area (Å²) in [6.07, 6.45) is 0.876. The van der Waals surface area contributed by atoms with Gasteiger partial charge in [-0.2, -0.15) is 5.10 Å². The van der Waals surface area contributed by atoms with Crippen LogP contribution in [0.2, 0.25) is 0 Å². The van der Waals surface area contributed by atoms with Gasteiger partial charge in [-0.1, -0.05) is 6.07 Å². The first-order chi connectivity index (χ1) is 11.2. The molecule has 0 fully saturated rings. The third kappa shape index (κ3) is 2.92. The molecule has 128 valence electrons. The minimum Gasteiger partial charge on any atom is -0.454 e. The molecule has 0 spiro atoms. The van der Waals surface area contributed by atoms with E-state index in [0.29, 0.717) is 18.8 Å². The highest BCUT2D eigenvalue weighted by Gasteiger charge is 2.24. The molecule has 0 saturated heterocycles. The average Bonchev–Trinajstić information content (AvgIpc) is 3.20. The number of ether oxygens (including phenoxy) is 2. The van der Waals surface area contributed by atoms with E-state index in [2.05, 4.69) is 15.5 Å². The maximum atomic E-state index is 12.7. The molecule has 0 unspecified atom stereocenters. The molecule has 1 amide bonds. The molecule has 3 heterocycles. The van der Waals surface area contributed by atoms with Crippen molar-refractivity contribution in [3.05, 3.63) is 40.7 Å². The smallest absolute Gasteiger partial charge is 0.274 e. The number of aromatic nitrogens is 2. The van der Waals surface area contributed by atoms with E-state index in [-0.39, 0.29) is 25.1 Å². The van der Waals surface area contributed by atoms with Crippen molar-refractivity contribution in [1.82, 2.24) is 20.4 Å². The SMILES string of the molecule is CN(Cc1ccc2c(c1)OCO2)C(=O)c1n[nH]c2c1CNCC2.Cl. The molecule has 24 heavy (non-hydrogen) atoms. The van der Waals surface area contributed by atoms with Gasteiger partial charge in [0, 0.05) is 44.4 Å². The van der Waals surface area contributed by atoms with Crippen LogP contribution in [0.15, 0.2) is 18.2 Å². The van der Waals surface area contributed by atoms with Gasteiger partial charge < -0.3 is 19.7 Å². The van der Waals surface area contributed by atoms with Gasteiger partial charge in [0.1, 0.15) is 0 Å². The molecule has 2 N–H and O–H groups in total. The van der Waals surface area contributed by atoms with Crippen LogP contribution >= 0.6 is 12.4 Å². The van der Waals surface area contributed by atoms with E-state index in [1.54, 1.807) is 11.9 Å². The topological polar surface area (TPSA) is 79.5 Å². The summed E-state index contributed by atoms with van der Waals surface area (Å²) < 4.78 is 10.7. The molecule has 2 aliphatic heterocycles. The Balaban J connectivity index is 0.00000169. The highest BCUT2D eigenvalue weighted by Crippen LogP contribution is 2.32. The fourth-order valence-electron chi connectivity index (χ4n) is 2.97. The summed E-state index contributed by atoms with van der Waals surface area (Å²) in [4.78, 5) is 14.3. The van der Waals surface area contributed by atoms with Gasteiger partial charge in [0.05, 0.1) is 0 Å². The molecule has 1 aromatic carbocycles. The summed E-state index contributed by atoms with van der Waals surface area (Å²) >= 11 is 0. The predicted octanol–water partition coefficient (Wildman–Crippen LogP) is 1.48. The van der Waals surface area contributed by atoms with Crippen molar-refractivity contribution >= 4 is 18.3 Å². The minimum atomic E-state index is -0.0798. The largest absolute Gasteiger partial charge is 0.454 e. The Bertz CT molecular complexity index is 762. The molecule has 0 aliphatic carbocycles. The van der Waals surface area contributed by atoms with Crippen LogP contribution in [-0.4, -0.2) is 41.4 Å². The maximum absolute atomic E-state index is 12.7. The lowest BCUT2D eigenvalue weighted by atomic mass is 10.1. The number of nitrogens with one attached hydrogen (secondary N) is 2. The molecule has 0 atom stereocenters. The number of aromatic amines is 1.